The predicted molar refractivity (Wildman–Crippen MR) is 108 cm³/mol. The fourth-order valence-corrected chi connectivity index (χ4v) is 4.86. The van der Waals surface area contributed by atoms with E-state index in [1.54, 1.807) is 12.4 Å². The molecule has 2 aliphatic heterocycles. The van der Waals surface area contributed by atoms with Crippen LogP contribution in [0.2, 0.25) is 0 Å². The van der Waals surface area contributed by atoms with Crippen molar-refractivity contribution in [2.45, 2.75) is 50.6 Å². The second-order valence-corrected chi connectivity index (χ2v) is 7.80. The largest absolute Gasteiger partial charge is 0.350 e. The molecule has 2 fully saturated rings. The number of aryl methyl sites for hydroxylation is 1. The molecule has 27 heavy (non-hydrogen) atoms. The minimum Gasteiger partial charge on any atom is -0.350 e. The molecule has 0 amide bonds. The molecule has 1 aromatic carbocycles. The lowest BCUT2D eigenvalue weighted by molar-refractivity contribution is 0.413. The molecule has 0 spiro atoms. The summed E-state index contributed by atoms with van der Waals surface area (Å²) in [7, 11) is 0. The smallest absolute Gasteiger partial charge is 0.161 e. The summed E-state index contributed by atoms with van der Waals surface area (Å²) in [5, 5.41) is 0. The minimum absolute atomic E-state index is 0.577. The van der Waals surface area contributed by atoms with Crippen LogP contribution in [0.4, 0.5) is 5.82 Å². The summed E-state index contributed by atoms with van der Waals surface area (Å²) in [5.74, 6) is 2.56. The van der Waals surface area contributed by atoms with E-state index in [1.165, 1.54) is 31.2 Å². The molecule has 4 nitrogen and oxygen atoms in total. The second-order valence-electron chi connectivity index (χ2n) is 7.80. The van der Waals surface area contributed by atoms with Gasteiger partial charge in [-0.15, -0.1) is 0 Å². The number of hydrogen-bond acceptors (Lipinski definition) is 4. The molecule has 2 bridgehead atoms. The zero-order valence-corrected chi connectivity index (χ0v) is 15.6. The molecule has 1 unspecified atom stereocenters. The van der Waals surface area contributed by atoms with Crippen LogP contribution in [0, 0.1) is 6.92 Å². The highest BCUT2D eigenvalue weighted by atomic mass is 15.3. The normalized spacial score (nSPS) is 24.2. The van der Waals surface area contributed by atoms with Crippen molar-refractivity contribution < 1.29 is 0 Å². The molecular weight excluding hydrogens is 332 g/mol. The maximum atomic E-state index is 4.95. The number of rotatable bonds is 3. The maximum Gasteiger partial charge on any atom is 0.161 e. The lowest BCUT2D eigenvalue weighted by Crippen LogP contribution is -2.43. The Morgan fingerprint density at radius 2 is 1.59 bits per heavy atom. The van der Waals surface area contributed by atoms with Crippen LogP contribution < -0.4 is 4.90 Å². The van der Waals surface area contributed by atoms with Crippen LogP contribution in [0.25, 0.3) is 11.4 Å². The molecule has 3 atom stereocenters. The molecule has 3 aromatic rings. The quantitative estimate of drug-likeness (QED) is 0.678. The summed E-state index contributed by atoms with van der Waals surface area (Å²) in [6.45, 7) is 2.06. The van der Waals surface area contributed by atoms with Gasteiger partial charge in [0, 0.05) is 41.8 Å². The van der Waals surface area contributed by atoms with E-state index in [1.807, 2.05) is 12.1 Å². The number of anilines is 1. The van der Waals surface area contributed by atoms with E-state index < -0.39 is 0 Å². The number of aromatic nitrogens is 3. The van der Waals surface area contributed by atoms with Gasteiger partial charge in [-0.25, -0.2) is 9.97 Å². The van der Waals surface area contributed by atoms with Crippen molar-refractivity contribution in [2.24, 2.45) is 0 Å². The van der Waals surface area contributed by atoms with Crippen LogP contribution >= 0.6 is 0 Å². The van der Waals surface area contributed by atoms with Crippen LogP contribution in [0.3, 0.4) is 0 Å². The first kappa shape index (κ1) is 16.4. The van der Waals surface area contributed by atoms with Gasteiger partial charge in [-0.05, 0) is 56.2 Å². The van der Waals surface area contributed by atoms with E-state index in [0.29, 0.717) is 18.0 Å². The van der Waals surface area contributed by atoms with Crippen LogP contribution in [0.1, 0.15) is 42.9 Å². The third-order valence-electron chi connectivity index (χ3n) is 6.05. The van der Waals surface area contributed by atoms with Crippen LogP contribution in [0.5, 0.6) is 0 Å². The molecule has 136 valence electrons. The van der Waals surface area contributed by atoms with E-state index in [2.05, 4.69) is 58.2 Å². The summed E-state index contributed by atoms with van der Waals surface area (Å²) in [6.07, 6.45) is 8.57. The highest BCUT2D eigenvalue weighted by Gasteiger charge is 2.41. The van der Waals surface area contributed by atoms with Crippen LogP contribution in [0.15, 0.2) is 60.9 Å². The number of piperidine rings is 1. The molecule has 0 radical (unpaired) electrons. The Kier molecular flexibility index (Phi) is 4.12. The summed E-state index contributed by atoms with van der Waals surface area (Å²) < 4.78 is 0. The Morgan fingerprint density at radius 3 is 2.30 bits per heavy atom. The molecule has 2 saturated heterocycles. The van der Waals surface area contributed by atoms with Crippen molar-refractivity contribution >= 4 is 5.82 Å². The summed E-state index contributed by atoms with van der Waals surface area (Å²) in [6, 6.07) is 18.3. The van der Waals surface area contributed by atoms with Crippen molar-refractivity contribution in [1.82, 2.24) is 15.0 Å². The Bertz CT molecular complexity index is 912. The average Bonchev–Trinajstić information content (AvgIpc) is 2.98. The average molecular weight is 356 g/mol. The summed E-state index contributed by atoms with van der Waals surface area (Å²) in [4.78, 5) is 16.3. The molecule has 0 aliphatic carbocycles. The number of hydrogen-bond donors (Lipinski definition) is 0. The lowest BCUT2D eigenvalue weighted by Gasteiger charge is -2.40. The first-order chi connectivity index (χ1) is 13.3. The topological polar surface area (TPSA) is 41.9 Å². The summed E-state index contributed by atoms with van der Waals surface area (Å²) >= 11 is 0. The van der Waals surface area contributed by atoms with Gasteiger partial charge in [0.1, 0.15) is 5.82 Å². The Balaban J connectivity index is 1.45. The van der Waals surface area contributed by atoms with Crippen molar-refractivity contribution in [3.05, 3.63) is 72.2 Å². The minimum atomic E-state index is 0.577. The van der Waals surface area contributed by atoms with E-state index in [9.17, 15) is 0 Å². The number of nitrogens with zero attached hydrogens (tertiary/aromatic N) is 4. The van der Waals surface area contributed by atoms with Gasteiger partial charge in [0.25, 0.3) is 0 Å². The van der Waals surface area contributed by atoms with Crippen molar-refractivity contribution in [1.29, 1.82) is 0 Å². The van der Waals surface area contributed by atoms with Gasteiger partial charge in [-0.2, -0.15) is 0 Å². The molecule has 4 heteroatoms. The van der Waals surface area contributed by atoms with Crippen LogP contribution in [-0.2, 0) is 0 Å². The fraction of sp³-hybridized carbons (Fsp3) is 0.348. The highest BCUT2D eigenvalue weighted by molar-refractivity contribution is 5.58. The zero-order valence-electron chi connectivity index (χ0n) is 15.6. The number of fused-ring (bicyclic) bond motifs is 2. The van der Waals surface area contributed by atoms with E-state index in [-0.39, 0.29) is 0 Å². The summed E-state index contributed by atoms with van der Waals surface area (Å²) in [5.41, 5.74) is 3.54. The second kappa shape index (κ2) is 6.76. The predicted octanol–water partition coefficient (Wildman–Crippen LogP) is 4.76. The SMILES string of the molecule is Cc1cc(N2[C@@H]3CC[C@H]2CC(c2ccccc2)C3)nc(-c2ccncc2)n1. The Labute approximate surface area is 160 Å². The molecule has 2 aliphatic rings. The van der Waals surface area contributed by atoms with Gasteiger partial charge < -0.3 is 4.90 Å². The van der Waals surface area contributed by atoms with Gasteiger partial charge >= 0.3 is 0 Å². The van der Waals surface area contributed by atoms with Gasteiger partial charge in [0.2, 0.25) is 0 Å². The Hall–Kier alpha value is -2.75. The highest BCUT2D eigenvalue weighted by Crippen LogP contribution is 2.45. The third-order valence-corrected chi connectivity index (χ3v) is 6.05. The van der Waals surface area contributed by atoms with E-state index in [4.69, 9.17) is 4.98 Å². The van der Waals surface area contributed by atoms with Crippen molar-refractivity contribution in [3.8, 4) is 11.4 Å². The van der Waals surface area contributed by atoms with Gasteiger partial charge in [-0.1, -0.05) is 30.3 Å². The molecule has 0 N–H and O–H groups in total. The van der Waals surface area contributed by atoms with E-state index >= 15 is 0 Å². The first-order valence-corrected chi connectivity index (χ1v) is 9.87. The maximum absolute atomic E-state index is 4.95. The standard InChI is InChI=1S/C23H24N4/c1-16-13-22(26-23(25-16)18-9-11-24-12-10-18)27-20-7-8-21(27)15-19(14-20)17-5-3-2-4-6-17/h2-6,9-13,19-21H,7-8,14-15H2,1H3/t19?,20-,21+. The van der Waals surface area contributed by atoms with Gasteiger partial charge in [0.05, 0.1) is 0 Å². The third kappa shape index (κ3) is 3.09. The molecule has 4 heterocycles. The monoisotopic (exact) mass is 356 g/mol. The van der Waals surface area contributed by atoms with Crippen LogP contribution in [-0.4, -0.2) is 27.0 Å². The molecule has 0 saturated carbocycles. The Morgan fingerprint density at radius 1 is 0.889 bits per heavy atom. The van der Waals surface area contributed by atoms with E-state index in [0.717, 1.165) is 22.9 Å². The molecule has 2 aromatic heterocycles. The van der Waals surface area contributed by atoms with Gasteiger partial charge in [0.15, 0.2) is 5.82 Å². The zero-order chi connectivity index (χ0) is 18.2. The van der Waals surface area contributed by atoms with Crippen molar-refractivity contribution in [2.75, 3.05) is 4.90 Å². The number of pyridine rings is 1. The van der Waals surface area contributed by atoms with Crippen molar-refractivity contribution in [3.63, 3.8) is 0 Å². The fourth-order valence-electron chi connectivity index (χ4n) is 4.86. The molecule has 5 rings (SSSR count). The molecular formula is C23H24N4. The lowest BCUT2D eigenvalue weighted by atomic mass is 9.85. The van der Waals surface area contributed by atoms with Gasteiger partial charge in [-0.3, -0.25) is 4.98 Å². The number of benzene rings is 1. The first-order valence-electron chi connectivity index (χ1n) is 9.87.